The normalized spacial score (nSPS) is 12.9. The Bertz CT molecular complexity index is 1150. The van der Waals surface area contributed by atoms with Crippen molar-refractivity contribution in [1.29, 1.82) is 0 Å². The summed E-state index contributed by atoms with van der Waals surface area (Å²) in [6.45, 7) is 0.952. The minimum atomic E-state index is -0.282. The van der Waals surface area contributed by atoms with E-state index in [1.54, 1.807) is 41.3 Å². The second-order valence-electron chi connectivity index (χ2n) is 7.41. The van der Waals surface area contributed by atoms with E-state index in [1.807, 2.05) is 42.5 Å². The molecule has 0 unspecified atom stereocenters. The number of carbonyl (C=O) groups is 2. The summed E-state index contributed by atoms with van der Waals surface area (Å²) in [7, 11) is 0. The number of benzene rings is 3. The minimum absolute atomic E-state index is 0.0118. The van der Waals surface area contributed by atoms with Crippen LogP contribution in [0.25, 0.3) is 6.08 Å². The smallest absolute Gasteiger partial charge is 0.265 e. The zero-order chi connectivity index (χ0) is 23.0. The lowest BCUT2D eigenvalue weighted by Crippen LogP contribution is -2.39. The molecule has 0 aliphatic carbocycles. The van der Waals surface area contributed by atoms with Crippen molar-refractivity contribution < 1.29 is 19.1 Å². The van der Waals surface area contributed by atoms with Crippen LogP contribution in [-0.4, -0.2) is 31.6 Å². The molecule has 0 spiro atoms. The van der Waals surface area contributed by atoms with Crippen molar-refractivity contribution in [2.45, 2.75) is 6.42 Å². The van der Waals surface area contributed by atoms with Crippen molar-refractivity contribution in [1.82, 2.24) is 0 Å². The zero-order valence-electron chi connectivity index (χ0n) is 17.9. The second-order valence-corrected chi connectivity index (χ2v) is 7.84. The van der Waals surface area contributed by atoms with Crippen LogP contribution >= 0.6 is 11.6 Å². The number of nitrogens with zero attached hydrogens (tertiary/aromatic N) is 1. The van der Waals surface area contributed by atoms with E-state index in [9.17, 15) is 9.59 Å². The quantitative estimate of drug-likeness (QED) is 0.369. The number of para-hydroxylation sites is 1. The molecule has 1 heterocycles. The molecule has 1 aliphatic rings. The van der Waals surface area contributed by atoms with Crippen LogP contribution in [0.2, 0.25) is 5.02 Å². The van der Waals surface area contributed by atoms with Gasteiger partial charge in [0.15, 0.2) is 6.61 Å². The van der Waals surface area contributed by atoms with Gasteiger partial charge in [-0.25, -0.2) is 0 Å². The lowest BCUT2D eigenvalue weighted by Gasteiger charge is -2.29. The van der Waals surface area contributed by atoms with Crippen LogP contribution in [0.1, 0.15) is 12.0 Å². The first kappa shape index (κ1) is 22.4. The Hall–Kier alpha value is -3.77. The minimum Gasteiger partial charge on any atom is -0.494 e. The monoisotopic (exact) mass is 462 g/mol. The van der Waals surface area contributed by atoms with E-state index < -0.39 is 0 Å². The molecule has 0 radical (unpaired) electrons. The van der Waals surface area contributed by atoms with E-state index in [0.29, 0.717) is 41.7 Å². The van der Waals surface area contributed by atoms with Gasteiger partial charge < -0.3 is 19.7 Å². The molecule has 1 N–H and O–H groups in total. The van der Waals surface area contributed by atoms with Gasteiger partial charge in [-0.3, -0.25) is 9.59 Å². The molecule has 0 saturated carbocycles. The van der Waals surface area contributed by atoms with E-state index in [-0.39, 0.29) is 18.4 Å². The average molecular weight is 463 g/mol. The predicted octanol–water partition coefficient (Wildman–Crippen LogP) is 5.19. The molecule has 0 bridgehead atoms. The van der Waals surface area contributed by atoms with Crippen molar-refractivity contribution in [3.8, 4) is 11.5 Å². The number of rotatable bonds is 8. The fourth-order valence-corrected chi connectivity index (χ4v) is 3.51. The van der Waals surface area contributed by atoms with E-state index in [4.69, 9.17) is 21.1 Å². The largest absolute Gasteiger partial charge is 0.494 e. The van der Waals surface area contributed by atoms with Crippen LogP contribution in [-0.2, 0) is 9.59 Å². The number of anilines is 2. The highest BCUT2D eigenvalue weighted by atomic mass is 35.5. The SMILES string of the molecule is O=C(/C=C/c1ccc(Cl)cc1)Nc1ccc2c(c1)N(CCCOc1ccccc1)C(=O)CO2. The summed E-state index contributed by atoms with van der Waals surface area (Å²) in [5.74, 6) is 0.986. The Balaban J connectivity index is 1.38. The first-order valence-corrected chi connectivity index (χ1v) is 11.0. The summed E-state index contributed by atoms with van der Waals surface area (Å²) in [6, 6.07) is 22.0. The second kappa shape index (κ2) is 10.7. The summed E-state index contributed by atoms with van der Waals surface area (Å²) in [5, 5.41) is 3.47. The predicted molar refractivity (Wildman–Crippen MR) is 130 cm³/mol. The summed E-state index contributed by atoms with van der Waals surface area (Å²) >= 11 is 5.88. The van der Waals surface area contributed by atoms with Gasteiger partial charge >= 0.3 is 0 Å². The van der Waals surface area contributed by atoms with Gasteiger partial charge in [0.05, 0.1) is 12.3 Å². The van der Waals surface area contributed by atoms with Gasteiger partial charge in [-0.2, -0.15) is 0 Å². The molecular weight excluding hydrogens is 440 g/mol. The highest BCUT2D eigenvalue weighted by Gasteiger charge is 2.25. The number of carbonyl (C=O) groups excluding carboxylic acids is 2. The fraction of sp³-hybridized carbons (Fsp3) is 0.154. The molecule has 33 heavy (non-hydrogen) atoms. The third kappa shape index (κ3) is 6.14. The number of ether oxygens (including phenoxy) is 2. The van der Waals surface area contributed by atoms with Crippen LogP contribution in [0.15, 0.2) is 78.9 Å². The molecule has 3 aromatic rings. The van der Waals surface area contributed by atoms with E-state index >= 15 is 0 Å². The van der Waals surface area contributed by atoms with Crippen molar-refractivity contribution in [2.24, 2.45) is 0 Å². The lowest BCUT2D eigenvalue weighted by molar-refractivity contribution is -0.121. The maximum atomic E-state index is 12.5. The topological polar surface area (TPSA) is 67.9 Å². The van der Waals surface area contributed by atoms with Gasteiger partial charge in [-0.1, -0.05) is 41.9 Å². The standard InChI is InChI=1S/C26H23ClN2O4/c27-20-10-7-19(8-11-20)9-14-25(30)28-21-12-13-24-23(17-21)29(26(31)18-33-24)15-4-16-32-22-5-2-1-3-6-22/h1-3,5-14,17H,4,15-16,18H2,(H,28,30)/b14-9+. The Morgan fingerprint density at radius 3 is 2.67 bits per heavy atom. The molecule has 0 atom stereocenters. The van der Waals surface area contributed by atoms with Gasteiger partial charge in [-0.05, 0) is 60.5 Å². The molecule has 0 fully saturated rings. The molecule has 3 aromatic carbocycles. The average Bonchev–Trinajstić information content (AvgIpc) is 2.83. The van der Waals surface area contributed by atoms with E-state index in [1.165, 1.54) is 6.08 Å². The maximum Gasteiger partial charge on any atom is 0.265 e. The van der Waals surface area contributed by atoms with Crippen LogP contribution in [0.3, 0.4) is 0 Å². The van der Waals surface area contributed by atoms with Gasteiger partial charge in [0.25, 0.3) is 5.91 Å². The van der Waals surface area contributed by atoms with Crippen LogP contribution in [0.5, 0.6) is 11.5 Å². The Kier molecular flexibility index (Phi) is 7.27. The summed E-state index contributed by atoms with van der Waals surface area (Å²) in [4.78, 5) is 26.5. The number of fused-ring (bicyclic) bond motifs is 1. The number of hydrogen-bond donors (Lipinski definition) is 1. The summed E-state index contributed by atoms with van der Waals surface area (Å²) < 4.78 is 11.3. The Morgan fingerprint density at radius 1 is 1.09 bits per heavy atom. The molecular formula is C26H23ClN2O4. The van der Waals surface area contributed by atoms with Gasteiger partial charge in [0.1, 0.15) is 11.5 Å². The van der Waals surface area contributed by atoms with E-state index in [0.717, 1.165) is 11.3 Å². The van der Waals surface area contributed by atoms with Crippen molar-refractivity contribution in [3.63, 3.8) is 0 Å². The highest BCUT2D eigenvalue weighted by molar-refractivity contribution is 6.30. The number of amides is 2. The molecule has 1 aliphatic heterocycles. The summed E-state index contributed by atoms with van der Waals surface area (Å²) in [5.41, 5.74) is 2.07. The molecule has 2 amide bonds. The van der Waals surface area contributed by atoms with Crippen molar-refractivity contribution in [3.05, 3.63) is 89.5 Å². The van der Waals surface area contributed by atoms with Gasteiger partial charge in [0.2, 0.25) is 5.91 Å². The number of hydrogen-bond acceptors (Lipinski definition) is 4. The van der Waals surface area contributed by atoms with Crippen molar-refractivity contribution in [2.75, 3.05) is 30.0 Å². The number of halogens is 1. The van der Waals surface area contributed by atoms with Gasteiger partial charge in [0, 0.05) is 23.3 Å². The first-order chi connectivity index (χ1) is 16.1. The maximum absolute atomic E-state index is 12.5. The van der Waals surface area contributed by atoms with Crippen LogP contribution in [0, 0.1) is 0 Å². The van der Waals surface area contributed by atoms with Crippen molar-refractivity contribution >= 4 is 40.9 Å². The third-order valence-corrected chi connectivity index (χ3v) is 5.26. The molecule has 168 valence electrons. The molecule has 0 aromatic heterocycles. The molecule has 7 heteroatoms. The van der Waals surface area contributed by atoms with Gasteiger partial charge in [-0.15, -0.1) is 0 Å². The molecule has 6 nitrogen and oxygen atoms in total. The lowest BCUT2D eigenvalue weighted by atomic mass is 10.2. The van der Waals surface area contributed by atoms with E-state index in [2.05, 4.69) is 5.32 Å². The number of nitrogens with one attached hydrogen (secondary N) is 1. The first-order valence-electron chi connectivity index (χ1n) is 10.6. The third-order valence-electron chi connectivity index (χ3n) is 5.00. The fourth-order valence-electron chi connectivity index (χ4n) is 3.38. The molecule has 4 rings (SSSR count). The van der Waals surface area contributed by atoms with Crippen LogP contribution in [0.4, 0.5) is 11.4 Å². The summed E-state index contributed by atoms with van der Waals surface area (Å²) in [6.07, 6.45) is 3.80. The Labute approximate surface area is 197 Å². The highest BCUT2D eigenvalue weighted by Crippen LogP contribution is 2.34. The van der Waals surface area contributed by atoms with Crippen LogP contribution < -0.4 is 19.7 Å². The Morgan fingerprint density at radius 2 is 1.88 bits per heavy atom. The molecule has 0 saturated heterocycles. The zero-order valence-corrected chi connectivity index (χ0v) is 18.6.